The average molecular weight is 338 g/mol. The Labute approximate surface area is 140 Å². The molecule has 2 aromatic rings. The van der Waals surface area contributed by atoms with Crippen molar-refractivity contribution in [2.24, 2.45) is 0 Å². The standard InChI is InChI=1S/C17H17Cl2NO2/c1-20(2)16(21)11-22-17(12-3-7-14(18)8-4-12)13-5-9-15(19)10-6-13/h3-10,17H,11H2,1-2H3. The smallest absolute Gasteiger partial charge is 0.248 e. The summed E-state index contributed by atoms with van der Waals surface area (Å²) in [5.41, 5.74) is 1.86. The molecule has 0 saturated carbocycles. The molecule has 116 valence electrons. The van der Waals surface area contributed by atoms with Crippen LogP contribution in [0.4, 0.5) is 0 Å². The zero-order valence-electron chi connectivity index (χ0n) is 12.4. The predicted octanol–water partition coefficient (Wildman–Crippen LogP) is 4.19. The molecule has 1 amide bonds. The highest BCUT2D eigenvalue weighted by molar-refractivity contribution is 6.30. The fourth-order valence-electron chi connectivity index (χ4n) is 1.94. The van der Waals surface area contributed by atoms with Crippen molar-refractivity contribution in [3.63, 3.8) is 0 Å². The van der Waals surface area contributed by atoms with Gasteiger partial charge in [-0.05, 0) is 35.4 Å². The third kappa shape index (κ3) is 4.47. The summed E-state index contributed by atoms with van der Waals surface area (Å²) in [6.07, 6.45) is -0.349. The molecule has 0 aromatic heterocycles. The van der Waals surface area contributed by atoms with Crippen LogP contribution in [0.2, 0.25) is 10.0 Å². The molecule has 0 N–H and O–H groups in total. The first-order valence-electron chi connectivity index (χ1n) is 6.80. The number of amides is 1. The summed E-state index contributed by atoms with van der Waals surface area (Å²) in [4.78, 5) is 13.3. The van der Waals surface area contributed by atoms with E-state index in [0.29, 0.717) is 10.0 Å². The predicted molar refractivity (Wildman–Crippen MR) is 89.4 cm³/mol. The quantitative estimate of drug-likeness (QED) is 0.818. The molecule has 0 unspecified atom stereocenters. The van der Waals surface area contributed by atoms with E-state index < -0.39 is 0 Å². The minimum Gasteiger partial charge on any atom is -0.359 e. The van der Waals surface area contributed by atoms with Crippen molar-refractivity contribution in [3.05, 3.63) is 69.7 Å². The van der Waals surface area contributed by atoms with Crippen molar-refractivity contribution >= 4 is 29.1 Å². The van der Waals surface area contributed by atoms with Crippen LogP contribution in [-0.4, -0.2) is 31.5 Å². The van der Waals surface area contributed by atoms with Crippen LogP contribution in [0.5, 0.6) is 0 Å². The van der Waals surface area contributed by atoms with E-state index in [1.54, 1.807) is 38.4 Å². The second kappa shape index (κ2) is 7.63. The Morgan fingerprint density at radius 1 is 0.955 bits per heavy atom. The number of halogens is 2. The Balaban J connectivity index is 2.25. The van der Waals surface area contributed by atoms with Gasteiger partial charge in [0.05, 0.1) is 0 Å². The molecule has 0 bridgehead atoms. The van der Waals surface area contributed by atoms with E-state index in [2.05, 4.69) is 0 Å². The number of benzene rings is 2. The third-order valence-corrected chi connectivity index (χ3v) is 3.72. The molecule has 2 aromatic carbocycles. The normalized spacial score (nSPS) is 10.8. The summed E-state index contributed by atoms with van der Waals surface area (Å²) in [5.74, 6) is -0.0899. The number of carbonyl (C=O) groups is 1. The minimum absolute atomic E-state index is 0.00290. The van der Waals surface area contributed by atoms with Crippen LogP contribution in [0.15, 0.2) is 48.5 Å². The van der Waals surface area contributed by atoms with Gasteiger partial charge in [0, 0.05) is 24.1 Å². The highest BCUT2D eigenvalue weighted by atomic mass is 35.5. The van der Waals surface area contributed by atoms with E-state index in [1.807, 2.05) is 24.3 Å². The number of likely N-dealkylation sites (N-methyl/N-ethyl adjacent to an activating group) is 1. The second-order valence-corrected chi connectivity index (χ2v) is 5.96. The molecule has 3 nitrogen and oxygen atoms in total. The molecule has 0 aliphatic heterocycles. The minimum atomic E-state index is -0.349. The van der Waals surface area contributed by atoms with E-state index in [1.165, 1.54) is 4.90 Å². The highest BCUT2D eigenvalue weighted by Gasteiger charge is 2.17. The lowest BCUT2D eigenvalue weighted by Crippen LogP contribution is -2.27. The summed E-state index contributed by atoms with van der Waals surface area (Å²) < 4.78 is 5.84. The van der Waals surface area contributed by atoms with Crippen molar-refractivity contribution < 1.29 is 9.53 Å². The first-order chi connectivity index (χ1) is 10.5. The topological polar surface area (TPSA) is 29.5 Å². The maximum Gasteiger partial charge on any atom is 0.248 e. The lowest BCUT2D eigenvalue weighted by molar-refractivity contribution is -0.134. The van der Waals surface area contributed by atoms with Crippen molar-refractivity contribution in [3.8, 4) is 0 Å². The van der Waals surface area contributed by atoms with Gasteiger partial charge in [0.15, 0.2) is 0 Å². The van der Waals surface area contributed by atoms with Crippen LogP contribution in [0, 0.1) is 0 Å². The monoisotopic (exact) mass is 337 g/mol. The van der Waals surface area contributed by atoms with Gasteiger partial charge in [-0.2, -0.15) is 0 Å². The molecule has 0 saturated heterocycles. The van der Waals surface area contributed by atoms with Crippen molar-refractivity contribution in [2.45, 2.75) is 6.10 Å². The van der Waals surface area contributed by atoms with Crippen molar-refractivity contribution in [2.75, 3.05) is 20.7 Å². The Morgan fingerprint density at radius 3 is 1.73 bits per heavy atom. The molecule has 0 atom stereocenters. The highest BCUT2D eigenvalue weighted by Crippen LogP contribution is 2.28. The fraction of sp³-hybridized carbons (Fsp3) is 0.235. The summed E-state index contributed by atoms with van der Waals surface area (Å²) in [6, 6.07) is 14.8. The largest absolute Gasteiger partial charge is 0.359 e. The van der Waals surface area contributed by atoms with Gasteiger partial charge in [0.25, 0.3) is 0 Å². The summed E-state index contributed by atoms with van der Waals surface area (Å²) in [7, 11) is 3.40. The van der Waals surface area contributed by atoms with E-state index in [4.69, 9.17) is 27.9 Å². The van der Waals surface area contributed by atoms with Gasteiger partial charge in [-0.3, -0.25) is 4.79 Å². The summed E-state index contributed by atoms with van der Waals surface area (Å²) in [5, 5.41) is 1.31. The third-order valence-electron chi connectivity index (χ3n) is 3.22. The zero-order chi connectivity index (χ0) is 16.1. The lowest BCUT2D eigenvalue weighted by atomic mass is 10.0. The molecule has 0 heterocycles. The summed E-state index contributed by atoms with van der Waals surface area (Å²) >= 11 is 11.9. The average Bonchev–Trinajstić information content (AvgIpc) is 2.50. The Hall–Kier alpha value is -1.55. The molecular formula is C17H17Cl2NO2. The van der Waals surface area contributed by atoms with Crippen LogP contribution in [0.1, 0.15) is 17.2 Å². The molecule has 0 aliphatic carbocycles. The second-order valence-electron chi connectivity index (χ2n) is 5.08. The van der Waals surface area contributed by atoms with Crippen molar-refractivity contribution in [1.82, 2.24) is 4.90 Å². The van der Waals surface area contributed by atoms with Gasteiger partial charge >= 0.3 is 0 Å². The maximum absolute atomic E-state index is 11.8. The lowest BCUT2D eigenvalue weighted by Gasteiger charge is -2.20. The first kappa shape index (κ1) is 16.8. The zero-order valence-corrected chi connectivity index (χ0v) is 13.9. The fourth-order valence-corrected chi connectivity index (χ4v) is 2.20. The Kier molecular flexibility index (Phi) is 5.83. The van der Waals surface area contributed by atoms with Crippen LogP contribution >= 0.6 is 23.2 Å². The molecule has 0 spiro atoms. The number of carbonyl (C=O) groups excluding carboxylic acids is 1. The number of nitrogens with zero attached hydrogens (tertiary/aromatic N) is 1. The Morgan fingerprint density at radius 2 is 1.36 bits per heavy atom. The number of rotatable bonds is 5. The molecule has 5 heteroatoms. The maximum atomic E-state index is 11.8. The summed E-state index contributed by atoms with van der Waals surface area (Å²) in [6.45, 7) is 0.00290. The van der Waals surface area contributed by atoms with Gasteiger partial charge in [-0.15, -0.1) is 0 Å². The van der Waals surface area contributed by atoms with Crippen LogP contribution < -0.4 is 0 Å². The van der Waals surface area contributed by atoms with Gasteiger partial charge in [-0.1, -0.05) is 47.5 Å². The molecule has 22 heavy (non-hydrogen) atoms. The van der Waals surface area contributed by atoms with Crippen LogP contribution in [0.3, 0.4) is 0 Å². The van der Waals surface area contributed by atoms with Gasteiger partial charge < -0.3 is 9.64 Å². The van der Waals surface area contributed by atoms with E-state index >= 15 is 0 Å². The molecule has 2 rings (SSSR count). The van der Waals surface area contributed by atoms with Crippen LogP contribution in [-0.2, 0) is 9.53 Å². The first-order valence-corrected chi connectivity index (χ1v) is 7.55. The molecule has 0 fully saturated rings. The Bertz CT molecular complexity index is 579. The number of ether oxygens (including phenoxy) is 1. The SMILES string of the molecule is CN(C)C(=O)COC(c1ccc(Cl)cc1)c1ccc(Cl)cc1. The van der Waals surface area contributed by atoms with Gasteiger partial charge in [0.2, 0.25) is 5.91 Å². The van der Waals surface area contributed by atoms with Crippen LogP contribution in [0.25, 0.3) is 0 Å². The molecule has 0 radical (unpaired) electrons. The van der Waals surface area contributed by atoms with Gasteiger partial charge in [-0.25, -0.2) is 0 Å². The van der Waals surface area contributed by atoms with E-state index in [9.17, 15) is 4.79 Å². The van der Waals surface area contributed by atoms with E-state index in [0.717, 1.165) is 11.1 Å². The van der Waals surface area contributed by atoms with Gasteiger partial charge in [0.1, 0.15) is 12.7 Å². The molecule has 0 aliphatic rings. The van der Waals surface area contributed by atoms with E-state index in [-0.39, 0.29) is 18.6 Å². The molecular weight excluding hydrogens is 321 g/mol. The number of hydrogen-bond donors (Lipinski definition) is 0. The number of hydrogen-bond acceptors (Lipinski definition) is 2. The van der Waals surface area contributed by atoms with Crippen molar-refractivity contribution in [1.29, 1.82) is 0 Å².